The van der Waals surface area contributed by atoms with Gasteiger partial charge < -0.3 is 0 Å². The molecule has 1 nitrogen and oxygen atoms in total. The Bertz CT molecular complexity index is 669. The van der Waals surface area contributed by atoms with Crippen molar-refractivity contribution in [3.63, 3.8) is 0 Å². The van der Waals surface area contributed by atoms with Gasteiger partial charge in [-0.25, -0.2) is 0 Å². The van der Waals surface area contributed by atoms with Crippen LogP contribution in [-0.2, 0) is 0 Å². The first-order valence-corrected chi connectivity index (χ1v) is 7.40. The van der Waals surface area contributed by atoms with E-state index in [1.807, 2.05) is 38.1 Å². The van der Waals surface area contributed by atoms with Crippen LogP contribution >= 0.6 is 27.5 Å². The normalized spacial score (nSPS) is 11.0. The Morgan fingerprint density at radius 1 is 1.15 bits per heavy atom. The average molecular weight is 350 g/mol. The van der Waals surface area contributed by atoms with Gasteiger partial charge in [0.2, 0.25) is 0 Å². The largest absolute Gasteiger partial charge is 0.289 e. The molecule has 0 aliphatic rings. The van der Waals surface area contributed by atoms with Crippen molar-refractivity contribution < 1.29 is 4.79 Å². The molecule has 0 heterocycles. The monoisotopic (exact) mass is 348 g/mol. The molecule has 102 valence electrons. The van der Waals surface area contributed by atoms with Crippen LogP contribution in [0.4, 0.5) is 0 Å². The molecule has 0 amide bonds. The van der Waals surface area contributed by atoms with Gasteiger partial charge in [-0.05, 0) is 54.8 Å². The maximum absolute atomic E-state index is 12.2. The summed E-state index contributed by atoms with van der Waals surface area (Å²) in [7, 11) is 0. The molecule has 2 aromatic carbocycles. The Morgan fingerprint density at radius 2 is 1.80 bits per heavy atom. The maximum Gasteiger partial charge on any atom is 0.187 e. The molecular weight excluding hydrogens is 336 g/mol. The molecule has 0 aliphatic carbocycles. The number of rotatable bonds is 3. The van der Waals surface area contributed by atoms with Crippen LogP contribution in [-0.4, -0.2) is 5.78 Å². The summed E-state index contributed by atoms with van der Waals surface area (Å²) in [5.74, 6) is -0.0676. The minimum absolute atomic E-state index is 0.0676. The molecule has 20 heavy (non-hydrogen) atoms. The van der Waals surface area contributed by atoms with E-state index in [9.17, 15) is 4.79 Å². The summed E-state index contributed by atoms with van der Waals surface area (Å²) in [6.45, 7) is 4.07. The number of aryl methyl sites for hydroxylation is 2. The van der Waals surface area contributed by atoms with E-state index < -0.39 is 0 Å². The molecule has 0 spiro atoms. The lowest BCUT2D eigenvalue weighted by Gasteiger charge is -2.05. The van der Waals surface area contributed by atoms with Gasteiger partial charge in [0.05, 0.1) is 0 Å². The minimum atomic E-state index is -0.0676. The lowest BCUT2D eigenvalue weighted by molar-refractivity contribution is 0.104. The molecule has 0 aliphatic heterocycles. The van der Waals surface area contributed by atoms with Gasteiger partial charge >= 0.3 is 0 Å². The smallest absolute Gasteiger partial charge is 0.187 e. The van der Waals surface area contributed by atoms with Crippen LogP contribution in [0.2, 0.25) is 5.02 Å². The van der Waals surface area contributed by atoms with Crippen molar-refractivity contribution in [1.82, 2.24) is 0 Å². The van der Waals surface area contributed by atoms with Crippen molar-refractivity contribution in [2.75, 3.05) is 0 Å². The first-order chi connectivity index (χ1) is 9.49. The number of hydrogen-bond donors (Lipinski definition) is 0. The summed E-state index contributed by atoms with van der Waals surface area (Å²) < 4.78 is 0.748. The Hall–Kier alpha value is -1.38. The fourth-order valence-corrected chi connectivity index (χ4v) is 2.64. The van der Waals surface area contributed by atoms with Crippen LogP contribution < -0.4 is 0 Å². The first kappa shape index (κ1) is 15.0. The van der Waals surface area contributed by atoms with E-state index in [-0.39, 0.29) is 5.78 Å². The third kappa shape index (κ3) is 3.38. The number of ketones is 1. The van der Waals surface area contributed by atoms with E-state index >= 15 is 0 Å². The molecule has 3 heteroatoms. The van der Waals surface area contributed by atoms with Gasteiger partial charge in [-0.1, -0.05) is 51.8 Å². The summed E-state index contributed by atoms with van der Waals surface area (Å²) in [5, 5.41) is 0.553. The summed E-state index contributed by atoms with van der Waals surface area (Å²) in [6, 6.07) is 11.3. The molecule has 0 radical (unpaired) electrons. The van der Waals surface area contributed by atoms with Gasteiger partial charge in [-0.2, -0.15) is 0 Å². The summed E-state index contributed by atoms with van der Waals surface area (Å²) in [4.78, 5) is 12.2. The van der Waals surface area contributed by atoms with Gasteiger partial charge in [0, 0.05) is 15.1 Å². The molecule has 0 saturated carbocycles. The van der Waals surface area contributed by atoms with Gasteiger partial charge in [0.25, 0.3) is 0 Å². The standard InChI is InChI=1S/C17H14BrClO/c1-11-4-3-5-12(2)14(11)7-9-17(20)15-10-13(19)6-8-16(15)18/h3-10H,1-2H3. The van der Waals surface area contributed by atoms with E-state index in [1.165, 1.54) is 0 Å². The van der Waals surface area contributed by atoms with Gasteiger partial charge in [-0.15, -0.1) is 0 Å². The summed E-state index contributed by atoms with van der Waals surface area (Å²) in [6.07, 6.45) is 3.45. The van der Waals surface area contributed by atoms with E-state index in [4.69, 9.17) is 11.6 Å². The van der Waals surface area contributed by atoms with Gasteiger partial charge in [0.15, 0.2) is 5.78 Å². The zero-order valence-corrected chi connectivity index (χ0v) is 13.6. The highest BCUT2D eigenvalue weighted by Gasteiger charge is 2.08. The molecule has 0 fully saturated rings. The van der Waals surface area contributed by atoms with Crippen molar-refractivity contribution in [3.8, 4) is 0 Å². The molecule has 0 atom stereocenters. The van der Waals surface area contributed by atoms with Crippen molar-refractivity contribution in [2.24, 2.45) is 0 Å². The van der Waals surface area contributed by atoms with E-state index in [1.54, 1.807) is 24.3 Å². The molecule has 0 aromatic heterocycles. The predicted molar refractivity (Wildman–Crippen MR) is 88.4 cm³/mol. The lowest BCUT2D eigenvalue weighted by Crippen LogP contribution is -1.96. The Kier molecular flexibility index (Phi) is 4.79. The average Bonchev–Trinajstić information content (AvgIpc) is 2.40. The Balaban J connectivity index is 2.32. The number of benzene rings is 2. The first-order valence-electron chi connectivity index (χ1n) is 6.22. The van der Waals surface area contributed by atoms with Crippen LogP contribution in [0, 0.1) is 13.8 Å². The summed E-state index contributed by atoms with van der Waals surface area (Å²) in [5.41, 5.74) is 3.96. The zero-order chi connectivity index (χ0) is 14.7. The van der Waals surface area contributed by atoms with E-state index in [0.717, 1.165) is 21.2 Å². The maximum atomic E-state index is 12.2. The predicted octanol–water partition coefficient (Wildman–Crippen LogP) is 5.62. The second-order valence-electron chi connectivity index (χ2n) is 4.63. The highest BCUT2D eigenvalue weighted by molar-refractivity contribution is 9.10. The fourth-order valence-electron chi connectivity index (χ4n) is 2.03. The molecule has 2 aromatic rings. The van der Waals surface area contributed by atoms with Crippen molar-refractivity contribution in [2.45, 2.75) is 13.8 Å². The second-order valence-corrected chi connectivity index (χ2v) is 5.92. The number of halogens is 2. The number of hydrogen-bond acceptors (Lipinski definition) is 1. The molecule has 2 rings (SSSR count). The molecule has 0 unspecified atom stereocenters. The molecule has 0 bridgehead atoms. The van der Waals surface area contributed by atoms with Crippen molar-refractivity contribution in [3.05, 3.63) is 74.2 Å². The SMILES string of the molecule is Cc1cccc(C)c1C=CC(=O)c1cc(Cl)ccc1Br. The highest BCUT2D eigenvalue weighted by Crippen LogP contribution is 2.22. The second kappa shape index (κ2) is 6.38. The third-order valence-corrected chi connectivity index (χ3v) is 4.06. The van der Waals surface area contributed by atoms with Crippen LogP contribution in [0.1, 0.15) is 27.0 Å². The van der Waals surface area contributed by atoms with Gasteiger partial charge in [-0.3, -0.25) is 4.79 Å². The fraction of sp³-hybridized carbons (Fsp3) is 0.118. The number of allylic oxidation sites excluding steroid dienone is 1. The lowest BCUT2D eigenvalue weighted by atomic mass is 10.0. The summed E-state index contributed by atoms with van der Waals surface area (Å²) >= 11 is 9.30. The Morgan fingerprint density at radius 3 is 2.45 bits per heavy atom. The quantitative estimate of drug-likeness (QED) is 0.519. The zero-order valence-electron chi connectivity index (χ0n) is 11.3. The minimum Gasteiger partial charge on any atom is -0.289 e. The van der Waals surface area contributed by atoms with Crippen molar-refractivity contribution in [1.29, 1.82) is 0 Å². The van der Waals surface area contributed by atoms with Gasteiger partial charge in [0.1, 0.15) is 0 Å². The molecule has 0 N–H and O–H groups in total. The Labute approximate surface area is 132 Å². The molecular formula is C17H14BrClO. The third-order valence-electron chi connectivity index (χ3n) is 3.14. The van der Waals surface area contributed by atoms with Crippen LogP contribution in [0.25, 0.3) is 6.08 Å². The van der Waals surface area contributed by atoms with E-state index in [0.29, 0.717) is 10.6 Å². The van der Waals surface area contributed by atoms with Crippen molar-refractivity contribution >= 4 is 39.4 Å². The van der Waals surface area contributed by atoms with Crippen LogP contribution in [0.15, 0.2) is 46.9 Å². The van der Waals surface area contributed by atoms with Crippen LogP contribution in [0.3, 0.4) is 0 Å². The van der Waals surface area contributed by atoms with Crippen LogP contribution in [0.5, 0.6) is 0 Å². The topological polar surface area (TPSA) is 17.1 Å². The molecule has 0 saturated heterocycles. The highest BCUT2D eigenvalue weighted by atomic mass is 79.9. The number of carbonyl (C=O) groups is 1. The van der Waals surface area contributed by atoms with E-state index in [2.05, 4.69) is 15.9 Å². The number of carbonyl (C=O) groups excluding carboxylic acids is 1.